The number of ether oxygens (including phenoxy) is 1. The number of nitrogens with zero attached hydrogens (tertiary/aromatic N) is 4. The van der Waals surface area contributed by atoms with Gasteiger partial charge in [0.05, 0.1) is 11.1 Å². The standard InChI is InChI=1S/C25H17ClN6O14S/c26-15-13(29-23(27)47-15)14(30-46-24(1-2-24)21(40)41)16(35)28-9-6-44-32(19(9)38)25(22(42)43)5-10(20(39)45-25)31-17(36)7-3-11(33)12(34)4-8(7)18(31)37/h3-5,9,33-34H,1-2,6H2,(H2,27,29)(H,28,35)(H,40,41)(H,42,43)/b30-14-/t9-,25?/m0/s1. The Kier molecular flexibility index (Phi) is 7.06. The van der Waals surface area contributed by atoms with Gasteiger partial charge in [-0.3, -0.25) is 24.0 Å². The van der Waals surface area contributed by atoms with E-state index in [1.807, 2.05) is 0 Å². The van der Waals surface area contributed by atoms with Gasteiger partial charge in [-0.2, -0.15) is 5.06 Å². The van der Waals surface area contributed by atoms with Gasteiger partial charge in [0.2, 0.25) is 5.60 Å². The number of carboxylic acids is 2. The highest BCUT2D eigenvalue weighted by Crippen LogP contribution is 2.41. The molecule has 0 spiro atoms. The van der Waals surface area contributed by atoms with Crippen molar-refractivity contribution in [3.05, 3.63) is 45.1 Å². The summed E-state index contributed by atoms with van der Waals surface area (Å²) in [7, 11) is 0. The summed E-state index contributed by atoms with van der Waals surface area (Å²) in [4.78, 5) is 104. The third-order valence-electron chi connectivity index (χ3n) is 7.24. The Bertz CT molecular complexity index is 1880. The predicted octanol–water partition coefficient (Wildman–Crippen LogP) is -1.10. The molecule has 1 saturated heterocycles. The summed E-state index contributed by atoms with van der Waals surface area (Å²) in [5.41, 5.74) is -1.94. The van der Waals surface area contributed by atoms with Crippen molar-refractivity contribution in [2.24, 2.45) is 5.16 Å². The number of oxime groups is 1. The van der Waals surface area contributed by atoms with Gasteiger partial charge >= 0.3 is 23.6 Å². The third-order valence-corrected chi connectivity index (χ3v) is 8.33. The second-order valence-electron chi connectivity index (χ2n) is 10.2. The summed E-state index contributed by atoms with van der Waals surface area (Å²) in [6.07, 6.45) is 0.615. The Morgan fingerprint density at radius 1 is 1.09 bits per heavy atom. The number of anilines is 1. The molecule has 2 fully saturated rings. The number of nitrogen functional groups attached to an aromatic ring is 1. The fourth-order valence-electron chi connectivity index (χ4n) is 4.66. The number of fused-ring (bicyclic) bond motifs is 1. The molecule has 3 aliphatic heterocycles. The molecule has 1 saturated carbocycles. The van der Waals surface area contributed by atoms with Crippen molar-refractivity contribution in [1.82, 2.24) is 20.3 Å². The number of phenols is 2. The molecule has 4 amide bonds. The predicted molar refractivity (Wildman–Crippen MR) is 148 cm³/mol. The number of phenolic OH excluding ortho intramolecular Hbond substituents is 2. The number of esters is 1. The average molecular weight is 693 g/mol. The third kappa shape index (κ3) is 4.83. The van der Waals surface area contributed by atoms with E-state index in [4.69, 9.17) is 31.7 Å². The quantitative estimate of drug-likeness (QED) is 0.0597. The molecular weight excluding hydrogens is 676 g/mol. The molecule has 1 aromatic heterocycles. The van der Waals surface area contributed by atoms with Crippen LogP contribution < -0.4 is 11.1 Å². The van der Waals surface area contributed by atoms with Crippen LogP contribution in [0.5, 0.6) is 11.5 Å². The number of nitrogens with two attached hydrogens (primary N) is 1. The molecule has 244 valence electrons. The highest BCUT2D eigenvalue weighted by Gasteiger charge is 2.61. The number of aliphatic carboxylic acids is 2. The molecule has 4 aliphatic rings. The molecule has 2 aromatic rings. The number of hydroxylamine groups is 2. The topological polar surface area (TPSA) is 298 Å². The van der Waals surface area contributed by atoms with Crippen LogP contribution in [-0.4, -0.2) is 107 Å². The summed E-state index contributed by atoms with van der Waals surface area (Å²) in [6.45, 7) is -0.744. The van der Waals surface area contributed by atoms with Crippen molar-refractivity contribution in [3.63, 3.8) is 0 Å². The van der Waals surface area contributed by atoms with Crippen molar-refractivity contribution in [2.45, 2.75) is 30.2 Å². The number of cyclic esters (lactones) is 1. The van der Waals surface area contributed by atoms with Crippen molar-refractivity contribution >= 4 is 75.3 Å². The number of thiazole rings is 1. The van der Waals surface area contributed by atoms with Gasteiger partial charge < -0.3 is 41.1 Å². The number of imide groups is 1. The second-order valence-corrected chi connectivity index (χ2v) is 11.8. The van der Waals surface area contributed by atoms with E-state index in [-0.39, 0.29) is 38.0 Å². The highest BCUT2D eigenvalue weighted by atomic mass is 35.5. The SMILES string of the molecule is Nc1nc(/C(=N/OC2(C(=O)O)CC2)C(=O)N[C@H]2CON(C3(C(=O)O)C=C(N4C(=O)c5cc(O)c(O)cc5C4=O)C(=O)O3)C2=O)c(Cl)s1. The summed E-state index contributed by atoms with van der Waals surface area (Å²) < 4.78 is 4.84. The van der Waals surface area contributed by atoms with Crippen molar-refractivity contribution in [2.75, 3.05) is 12.3 Å². The van der Waals surface area contributed by atoms with E-state index < -0.39 is 99.5 Å². The molecule has 6 rings (SSSR count). The first kappa shape index (κ1) is 31.2. The number of aromatic hydroxyl groups is 2. The van der Waals surface area contributed by atoms with Crippen LogP contribution in [0.1, 0.15) is 39.3 Å². The number of benzene rings is 1. The van der Waals surface area contributed by atoms with Crippen LogP contribution in [0.4, 0.5) is 5.13 Å². The number of hydrogen-bond acceptors (Lipinski definition) is 16. The van der Waals surface area contributed by atoms with Crippen LogP contribution in [-0.2, 0) is 38.4 Å². The van der Waals surface area contributed by atoms with E-state index >= 15 is 0 Å². The van der Waals surface area contributed by atoms with Gasteiger partial charge in [0.15, 0.2) is 22.3 Å². The molecule has 1 aromatic carbocycles. The molecular formula is C25H17ClN6O14S. The number of hydrogen-bond donors (Lipinski definition) is 6. The Balaban J connectivity index is 1.27. The fraction of sp³-hybridized carbons (Fsp3) is 0.240. The molecule has 7 N–H and O–H groups in total. The lowest BCUT2D eigenvalue weighted by molar-refractivity contribution is -0.246. The van der Waals surface area contributed by atoms with Gasteiger partial charge in [-0.05, 0) is 12.1 Å². The Labute approximate surface area is 268 Å². The van der Waals surface area contributed by atoms with Gasteiger partial charge in [0, 0.05) is 18.9 Å². The minimum atomic E-state index is -3.09. The minimum absolute atomic E-state index is 0.0781. The van der Waals surface area contributed by atoms with Crippen LogP contribution in [0.3, 0.4) is 0 Å². The van der Waals surface area contributed by atoms with Crippen molar-refractivity contribution in [1.29, 1.82) is 0 Å². The Morgan fingerprint density at radius 2 is 1.70 bits per heavy atom. The number of nitrogens with one attached hydrogen (secondary N) is 1. The van der Waals surface area contributed by atoms with E-state index in [9.17, 15) is 54.0 Å². The van der Waals surface area contributed by atoms with E-state index in [1.165, 1.54) is 0 Å². The van der Waals surface area contributed by atoms with Gasteiger partial charge in [-0.1, -0.05) is 28.1 Å². The van der Waals surface area contributed by atoms with Crippen LogP contribution in [0.2, 0.25) is 4.34 Å². The molecule has 2 atom stereocenters. The monoisotopic (exact) mass is 692 g/mol. The van der Waals surface area contributed by atoms with Crippen LogP contribution in [0, 0.1) is 0 Å². The zero-order valence-electron chi connectivity index (χ0n) is 23.0. The summed E-state index contributed by atoms with van der Waals surface area (Å²) >= 11 is 6.86. The molecule has 47 heavy (non-hydrogen) atoms. The van der Waals surface area contributed by atoms with Crippen molar-refractivity contribution < 1.29 is 68.4 Å². The average Bonchev–Trinajstić information content (AvgIpc) is 3.35. The van der Waals surface area contributed by atoms with Gasteiger partial charge in [0.25, 0.3) is 23.6 Å². The maximum absolute atomic E-state index is 13.4. The number of carboxylic acid groups (broad SMARTS) is 2. The molecule has 4 heterocycles. The number of carbonyl (C=O) groups is 7. The van der Waals surface area contributed by atoms with Gasteiger partial charge in [-0.25, -0.2) is 24.3 Å². The number of rotatable bonds is 9. The first-order valence-electron chi connectivity index (χ1n) is 12.9. The minimum Gasteiger partial charge on any atom is -0.504 e. The van der Waals surface area contributed by atoms with E-state index in [0.717, 1.165) is 23.5 Å². The number of halogens is 1. The zero-order chi connectivity index (χ0) is 34.2. The smallest absolute Gasteiger partial charge is 0.377 e. The lowest BCUT2D eigenvalue weighted by atomic mass is 10.1. The number of carbonyl (C=O) groups excluding carboxylic acids is 5. The number of aromatic nitrogens is 1. The van der Waals surface area contributed by atoms with E-state index in [1.54, 1.807) is 0 Å². The molecule has 22 heteroatoms. The van der Waals surface area contributed by atoms with E-state index in [2.05, 4.69) is 15.5 Å². The molecule has 20 nitrogen and oxygen atoms in total. The lowest BCUT2D eigenvalue weighted by Crippen LogP contribution is -2.56. The van der Waals surface area contributed by atoms with Crippen molar-refractivity contribution in [3.8, 4) is 11.5 Å². The van der Waals surface area contributed by atoms with Crippen LogP contribution >= 0.6 is 22.9 Å². The normalized spacial score (nSPS) is 23.0. The molecule has 0 radical (unpaired) electrons. The Morgan fingerprint density at radius 3 is 2.21 bits per heavy atom. The first-order valence-corrected chi connectivity index (χ1v) is 14.1. The highest BCUT2D eigenvalue weighted by molar-refractivity contribution is 7.19. The second kappa shape index (κ2) is 10.6. The lowest BCUT2D eigenvalue weighted by Gasteiger charge is -2.29. The molecule has 0 bridgehead atoms. The maximum atomic E-state index is 13.4. The molecule has 1 aliphatic carbocycles. The van der Waals surface area contributed by atoms with Crippen LogP contribution in [0.25, 0.3) is 0 Å². The largest absolute Gasteiger partial charge is 0.504 e. The van der Waals surface area contributed by atoms with E-state index in [0.29, 0.717) is 6.08 Å². The summed E-state index contributed by atoms with van der Waals surface area (Å²) in [5.74, 6) is -11.3. The Hall–Kier alpha value is -5.80. The molecule has 1 unspecified atom stereocenters. The van der Waals surface area contributed by atoms with Gasteiger partial charge in [-0.15, -0.1) is 0 Å². The zero-order valence-corrected chi connectivity index (χ0v) is 24.5. The summed E-state index contributed by atoms with van der Waals surface area (Å²) in [5, 5.41) is 44.8. The fourth-order valence-corrected chi connectivity index (χ4v) is 5.59. The van der Waals surface area contributed by atoms with Crippen LogP contribution in [0.15, 0.2) is 29.1 Å². The summed E-state index contributed by atoms with van der Waals surface area (Å²) in [6, 6.07) is -0.161. The van der Waals surface area contributed by atoms with Gasteiger partial charge in [0.1, 0.15) is 28.4 Å². The first-order chi connectivity index (χ1) is 22.1. The maximum Gasteiger partial charge on any atom is 0.377 e. The number of amides is 4.